The van der Waals surface area contributed by atoms with Crippen molar-refractivity contribution >= 4 is 19.9 Å². The third kappa shape index (κ3) is 12.3. The highest BCUT2D eigenvalue weighted by atomic mass is 31.2. The zero-order valence-corrected chi connectivity index (χ0v) is 11.8. The Labute approximate surface area is 114 Å². The Morgan fingerprint density at radius 2 is 1.65 bits per heavy atom. The summed E-state index contributed by atoms with van der Waals surface area (Å²) in [5, 5.41) is 34.8. The van der Waals surface area contributed by atoms with Gasteiger partial charge in [-0.25, -0.2) is 4.57 Å². The number of hydrogen-bond donors (Lipinski definition) is 6. The van der Waals surface area contributed by atoms with Crippen molar-refractivity contribution in [3.63, 3.8) is 0 Å². The van der Waals surface area contributed by atoms with E-state index in [0.29, 0.717) is 0 Å². The van der Waals surface area contributed by atoms with Gasteiger partial charge in [-0.2, -0.15) is 0 Å². The molecule has 6 N–H and O–H groups in total. The topological polar surface area (TPSA) is 182 Å². The number of carbonyl (C=O) groups is 2. The van der Waals surface area contributed by atoms with E-state index in [0.717, 1.165) is 0 Å². The van der Waals surface area contributed by atoms with E-state index in [-0.39, 0.29) is 12.1 Å². The lowest BCUT2D eigenvalue weighted by Crippen LogP contribution is -2.40. The number of phosphoric acid groups is 1. The van der Waals surface area contributed by atoms with Gasteiger partial charge in [-0.3, -0.25) is 9.32 Å². The van der Waals surface area contributed by atoms with Crippen LogP contribution in [0.1, 0.15) is 13.8 Å². The summed E-state index contributed by atoms with van der Waals surface area (Å²) in [5.74, 6) is -0.185. The fourth-order valence-corrected chi connectivity index (χ4v) is 0.927. The van der Waals surface area contributed by atoms with Crippen LogP contribution >= 0.6 is 7.82 Å². The number of aliphatic hydroxyl groups is 4. The lowest BCUT2D eigenvalue weighted by molar-refractivity contribution is -0.127. The first kappa shape index (κ1) is 21.6. The molecule has 0 amide bonds. The summed E-state index contributed by atoms with van der Waals surface area (Å²) in [4.78, 5) is 36.2. The molecule has 120 valence electrons. The van der Waals surface area contributed by atoms with E-state index in [4.69, 9.17) is 30.2 Å². The summed E-state index contributed by atoms with van der Waals surface area (Å²) in [6.45, 7) is 1.91. The quantitative estimate of drug-likeness (QED) is 0.214. The van der Waals surface area contributed by atoms with Crippen LogP contribution in [0.25, 0.3) is 0 Å². The van der Waals surface area contributed by atoms with Gasteiger partial charge in [0, 0.05) is 0 Å². The molecule has 4 atom stereocenters. The molecule has 0 aromatic carbocycles. The van der Waals surface area contributed by atoms with Crippen molar-refractivity contribution < 1.29 is 48.9 Å². The van der Waals surface area contributed by atoms with E-state index in [1.165, 1.54) is 13.8 Å². The number of Topliss-reactive ketones (excluding diaryl/α,β-unsaturated/α-hetero) is 1. The van der Waals surface area contributed by atoms with Gasteiger partial charge < -0.3 is 35.0 Å². The molecule has 10 nitrogen and oxygen atoms in total. The molecule has 0 radical (unpaired) electrons. The van der Waals surface area contributed by atoms with Crippen molar-refractivity contribution in [1.82, 2.24) is 0 Å². The van der Waals surface area contributed by atoms with E-state index in [9.17, 15) is 14.2 Å². The average Bonchev–Trinajstić information content (AvgIpc) is 2.33. The fourth-order valence-electron chi connectivity index (χ4n) is 0.580. The standard InChI is InChI=1S/C5H11O8P.C4H8O2/c6-1-3(7)5(9)4(8)2-13-14(10,11)12;1-3(5)4(2)6/h1,3-5,7-9H,2H2,(H2,10,11,12);3,5H,1-2H3/t3-,4+,5-;/m0./s1. The molecule has 0 saturated heterocycles. The van der Waals surface area contributed by atoms with Crippen LogP contribution in [0, 0.1) is 0 Å². The summed E-state index contributed by atoms with van der Waals surface area (Å²) >= 11 is 0. The lowest BCUT2D eigenvalue weighted by Gasteiger charge is -2.19. The monoisotopic (exact) mass is 318 g/mol. The maximum Gasteiger partial charge on any atom is 0.469 e. The predicted octanol–water partition coefficient (Wildman–Crippen LogP) is -2.67. The molecule has 0 aliphatic rings. The summed E-state index contributed by atoms with van der Waals surface area (Å²) < 4.78 is 14.0. The van der Waals surface area contributed by atoms with E-state index in [2.05, 4.69) is 4.52 Å². The molecule has 0 aromatic rings. The minimum absolute atomic E-state index is 0.0225. The Hall–Kier alpha value is -0.710. The molecule has 0 bridgehead atoms. The van der Waals surface area contributed by atoms with Crippen molar-refractivity contribution in [3.8, 4) is 0 Å². The fraction of sp³-hybridized carbons (Fsp3) is 0.778. The molecular formula is C9H19O10P. The van der Waals surface area contributed by atoms with Gasteiger partial charge in [-0.1, -0.05) is 0 Å². The van der Waals surface area contributed by atoms with Gasteiger partial charge in [0.2, 0.25) is 0 Å². The molecular weight excluding hydrogens is 299 g/mol. The molecule has 0 fully saturated rings. The van der Waals surface area contributed by atoms with Gasteiger partial charge >= 0.3 is 7.82 Å². The highest BCUT2D eigenvalue weighted by Crippen LogP contribution is 2.35. The SMILES string of the molecule is CC(=O)C(C)O.O=C[C@H](O)[C@H](O)[C@H](O)COP(=O)(O)O. The van der Waals surface area contributed by atoms with E-state index in [1.54, 1.807) is 0 Å². The first-order chi connectivity index (χ1) is 8.92. The van der Waals surface area contributed by atoms with E-state index in [1.807, 2.05) is 0 Å². The third-order valence-electron chi connectivity index (χ3n) is 1.89. The second-order valence-electron chi connectivity index (χ2n) is 3.76. The first-order valence-electron chi connectivity index (χ1n) is 5.30. The third-order valence-corrected chi connectivity index (χ3v) is 2.37. The van der Waals surface area contributed by atoms with Crippen LogP contribution in [0.15, 0.2) is 0 Å². The van der Waals surface area contributed by atoms with Crippen molar-refractivity contribution in [3.05, 3.63) is 0 Å². The normalized spacial score (nSPS) is 17.2. The van der Waals surface area contributed by atoms with Crippen molar-refractivity contribution in [2.24, 2.45) is 0 Å². The number of ketones is 1. The Morgan fingerprint density at radius 3 is 1.90 bits per heavy atom. The van der Waals surface area contributed by atoms with Gasteiger partial charge in [0.1, 0.15) is 24.4 Å². The van der Waals surface area contributed by atoms with E-state index >= 15 is 0 Å². The molecule has 0 aliphatic heterocycles. The minimum Gasteiger partial charge on any atom is -0.388 e. The maximum absolute atomic E-state index is 10.1. The highest BCUT2D eigenvalue weighted by Gasteiger charge is 2.27. The van der Waals surface area contributed by atoms with Crippen molar-refractivity contribution in [1.29, 1.82) is 0 Å². The second kappa shape index (κ2) is 10.1. The van der Waals surface area contributed by atoms with Gasteiger partial charge in [0.15, 0.2) is 12.1 Å². The molecule has 0 spiro atoms. The van der Waals surface area contributed by atoms with Crippen LogP contribution in [0.3, 0.4) is 0 Å². The number of hydrogen-bond acceptors (Lipinski definition) is 8. The van der Waals surface area contributed by atoms with Crippen molar-refractivity contribution in [2.45, 2.75) is 38.3 Å². The molecule has 20 heavy (non-hydrogen) atoms. The van der Waals surface area contributed by atoms with Crippen LogP contribution < -0.4 is 0 Å². The molecule has 1 unspecified atom stereocenters. The largest absolute Gasteiger partial charge is 0.469 e. The van der Waals surface area contributed by atoms with Gasteiger partial charge in [0.25, 0.3) is 0 Å². The number of carbonyl (C=O) groups excluding carboxylic acids is 2. The molecule has 0 heterocycles. The smallest absolute Gasteiger partial charge is 0.388 e. The summed E-state index contributed by atoms with van der Waals surface area (Å²) in [7, 11) is -4.74. The Balaban J connectivity index is 0. The maximum atomic E-state index is 10.1. The number of rotatable bonds is 7. The molecule has 0 aromatic heterocycles. The first-order valence-corrected chi connectivity index (χ1v) is 6.83. The van der Waals surface area contributed by atoms with Crippen molar-refractivity contribution in [2.75, 3.05) is 6.61 Å². The molecule has 0 saturated carbocycles. The van der Waals surface area contributed by atoms with Crippen LogP contribution in [0.4, 0.5) is 0 Å². The molecule has 0 aliphatic carbocycles. The Kier molecular flexibility index (Phi) is 10.9. The van der Waals surface area contributed by atoms with Crippen LogP contribution in [-0.2, 0) is 18.7 Å². The zero-order chi connectivity index (χ0) is 16.5. The number of aldehydes is 1. The second-order valence-corrected chi connectivity index (χ2v) is 5.00. The van der Waals surface area contributed by atoms with Crippen LogP contribution in [0.2, 0.25) is 0 Å². The van der Waals surface area contributed by atoms with E-state index < -0.39 is 38.8 Å². The van der Waals surface area contributed by atoms with Gasteiger partial charge in [-0.15, -0.1) is 0 Å². The average molecular weight is 318 g/mol. The lowest BCUT2D eigenvalue weighted by atomic mass is 10.1. The van der Waals surface area contributed by atoms with Crippen LogP contribution in [-0.4, -0.2) is 73.3 Å². The number of aliphatic hydroxyl groups excluding tert-OH is 4. The minimum atomic E-state index is -4.74. The van der Waals surface area contributed by atoms with Gasteiger partial charge in [-0.05, 0) is 13.8 Å². The predicted molar refractivity (Wildman–Crippen MR) is 64.4 cm³/mol. The molecule has 0 rings (SSSR count). The Morgan fingerprint density at radius 1 is 1.25 bits per heavy atom. The highest BCUT2D eigenvalue weighted by molar-refractivity contribution is 7.46. The summed E-state index contributed by atoms with van der Waals surface area (Å²) in [6, 6.07) is 0. The summed E-state index contributed by atoms with van der Waals surface area (Å²) in [6.07, 6.45) is -6.25. The molecule has 11 heteroatoms. The van der Waals surface area contributed by atoms with Gasteiger partial charge in [0.05, 0.1) is 6.61 Å². The number of phosphoric ester groups is 1. The Bertz CT molecular complexity index is 338. The van der Waals surface area contributed by atoms with Crippen LogP contribution in [0.5, 0.6) is 0 Å². The summed E-state index contributed by atoms with van der Waals surface area (Å²) in [5.41, 5.74) is 0. The zero-order valence-electron chi connectivity index (χ0n) is 10.9.